The molecule has 0 aliphatic carbocycles. The summed E-state index contributed by atoms with van der Waals surface area (Å²) in [6.45, 7) is 3.11. The molecule has 1 N–H and O–H groups in total. The second-order valence-corrected chi connectivity index (χ2v) is 9.40. The molecule has 31 heavy (non-hydrogen) atoms. The number of ether oxygens (including phenoxy) is 2. The second-order valence-electron chi connectivity index (χ2n) is 7.68. The van der Waals surface area contributed by atoms with Gasteiger partial charge >= 0.3 is 0 Å². The predicted octanol–water partition coefficient (Wildman–Crippen LogP) is 3.76. The molecule has 1 unspecified atom stereocenters. The number of methoxy groups -OCH3 is 2. The summed E-state index contributed by atoms with van der Waals surface area (Å²) < 4.78 is 39.3. The summed E-state index contributed by atoms with van der Waals surface area (Å²) in [6.07, 6.45) is 4.10. The summed E-state index contributed by atoms with van der Waals surface area (Å²) in [5.41, 5.74) is 1.07. The standard InChI is InChI=1S/C23H30N2O5S/c1-17(18-8-10-19(29-2)11-9-18)24-31(27,28)20-12-13-22(30-3)21(16-20)23(26)25-14-6-4-5-7-15-25/h8-13,16-17,24H,4-7,14-15H2,1-3H3. The Bertz CT molecular complexity index is 997. The molecule has 8 heteroatoms. The molecule has 168 valence electrons. The second kappa shape index (κ2) is 10.2. The Kier molecular flexibility index (Phi) is 7.56. The van der Waals surface area contributed by atoms with Crippen molar-refractivity contribution >= 4 is 15.9 Å². The summed E-state index contributed by atoms with van der Waals surface area (Å²) in [5, 5.41) is 0. The first-order chi connectivity index (χ1) is 14.9. The van der Waals surface area contributed by atoms with E-state index in [1.807, 2.05) is 12.1 Å². The Morgan fingerprint density at radius 1 is 0.968 bits per heavy atom. The number of nitrogens with one attached hydrogen (secondary N) is 1. The highest BCUT2D eigenvalue weighted by atomic mass is 32.2. The van der Waals surface area contributed by atoms with Crippen molar-refractivity contribution < 1.29 is 22.7 Å². The highest BCUT2D eigenvalue weighted by Crippen LogP contribution is 2.26. The van der Waals surface area contributed by atoms with E-state index in [9.17, 15) is 13.2 Å². The summed E-state index contributed by atoms with van der Waals surface area (Å²) >= 11 is 0. The van der Waals surface area contributed by atoms with Crippen LogP contribution < -0.4 is 14.2 Å². The molecule has 0 saturated carbocycles. The minimum atomic E-state index is -3.85. The Hall–Kier alpha value is -2.58. The minimum Gasteiger partial charge on any atom is -0.497 e. The molecular weight excluding hydrogens is 416 g/mol. The molecule has 1 aliphatic rings. The molecule has 2 aromatic carbocycles. The zero-order chi connectivity index (χ0) is 22.4. The molecule has 0 spiro atoms. The van der Waals surface area contributed by atoms with Crippen LogP contribution in [0.2, 0.25) is 0 Å². The third-order valence-electron chi connectivity index (χ3n) is 5.55. The molecule has 1 atom stereocenters. The van der Waals surface area contributed by atoms with Gasteiger partial charge in [-0.15, -0.1) is 0 Å². The van der Waals surface area contributed by atoms with E-state index in [0.29, 0.717) is 24.6 Å². The van der Waals surface area contributed by atoms with E-state index in [2.05, 4.69) is 4.72 Å². The zero-order valence-corrected chi connectivity index (χ0v) is 19.1. The maximum absolute atomic E-state index is 13.1. The van der Waals surface area contributed by atoms with E-state index in [1.165, 1.54) is 25.3 Å². The minimum absolute atomic E-state index is 0.0341. The maximum Gasteiger partial charge on any atom is 0.257 e. The predicted molar refractivity (Wildman–Crippen MR) is 119 cm³/mol. The SMILES string of the molecule is COc1ccc(C(C)NS(=O)(=O)c2ccc(OC)c(C(=O)N3CCCCCC3)c2)cc1. The first-order valence-electron chi connectivity index (χ1n) is 10.5. The molecule has 1 amide bonds. The van der Waals surface area contributed by atoms with Crippen LogP contribution in [0.5, 0.6) is 11.5 Å². The highest BCUT2D eigenvalue weighted by Gasteiger charge is 2.25. The van der Waals surface area contributed by atoms with Crippen LogP contribution in [0.15, 0.2) is 47.4 Å². The lowest BCUT2D eigenvalue weighted by Crippen LogP contribution is -2.32. The normalized spacial score (nSPS) is 15.8. The van der Waals surface area contributed by atoms with Crippen molar-refractivity contribution in [1.29, 1.82) is 0 Å². The van der Waals surface area contributed by atoms with Crippen molar-refractivity contribution in [2.45, 2.75) is 43.5 Å². The number of hydrogen-bond acceptors (Lipinski definition) is 5. The molecule has 7 nitrogen and oxygen atoms in total. The Morgan fingerprint density at radius 3 is 2.19 bits per heavy atom. The van der Waals surface area contributed by atoms with E-state index >= 15 is 0 Å². The van der Waals surface area contributed by atoms with Gasteiger partial charge in [-0.2, -0.15) is 0 Å². The van der Waals surface area contributed by atoms with E-state index < -0.39 is 16.1 Å². The van der Waals surface area contributed by atoms with E-state index in [-0.39, 0.29) is 16.4 Å². The van der Waals surface area contributed by atoms with Crippen LogP contribution >= 0.6 is 0 Å². The van der Waals surface area contributed by atoms with Crippen molar-refractivity contribution in [3.63, 3.8) is 0 Å². The number of rotatable bonds is 7. The van der Waals surface area contributed by atoms with Crippen molar-refractivity contribution in [3.8, 4) is 11.5 Å². The lowest BCUT2D eigenvalue weighted by Gasteiger charge is -2.22. The first-order valence-corrected chi connectivity index (χ1v) is 12.0. The van der Waals surface area contributed by atoms with E-state index in [4.69, 9.17) is 9.47 Å². The first kappa shape index (κ1) is 23.1. The number of carbonyl (C=O) groups is 1. The number of amides is 1. The van der Waals surface area contributed by atoms with Gasteiger partial charge < -0.3 is 14.4 Å². The van der Waals surface area contributed by atoms with E-state index in [1.54, 1.807) is 31.1 Å². The van der Waals surface area contributed by atoms with Crippen LogP contribution in [0.1, 0.15) is 54.6 Å². The van der Waals surface area contributed by atoms with Crippen LogP contribution in [0.25, 0.3) is 0 Å². The average Bonchev–Trinajstić information content (AvgIpc) is 3.07. The number of benzene rings is 2. The third kappa shape index (κ3) is 5.57. The quantitative estimate of drug-likeness (QED) is 0.700. The van der Waals surface area contributed by atoms with E-state index in [0.717, 1.165) is 31.2 Å². The number of hydrogen-bond donors (Lipinski definition) is 1. The molecule has 1 fully saturated rings. The Morgan fingerprint density at radius 2 is 1.61 bits per heavy atom. The van der Waals surface area contributed by atoms with Crippen molar-refractivity contribution in [3.05, 3.63) is 53.6 Å². The van der Waals surface area contributed by atoms with Gasteiger partial charge in [0.1, 0.15) is 11.5 Å². The molecule has 1 aliphatic heterocycles. The van der Waals surface area contributed by atoms with Gasteiger partial charge in [-0.25, -0.2) is 13.1 Å². The topological polar surface area (TPSA) is 84.9 Å². The van der Waals surface area contributed by atoms with Crippen LogP contribution in [-0.4, -0.2) is 46.5 Å². The van der Waals surface area contributed by atoms with Gasteiger partial charge in [-0.05, 0) is 55.7 Å². The smallest absolute Gasteiger partial charge is 0.257 e. The fraction of sp³-hybridized carbons (Fsp3) is 0.435. The van der Waals surface area contributed by atoms with Gasteiger partial charge in [-0.3, -0.25) is 4.79 Å². The summed E-state index contributed by atoms with van der Waals surface area (Å²) in [6, 6.07) is 11.1. The fourth-order valence-corrected chi connectivity index (χ4v) is 4.98. The van der Waals surface area contributed by atoms with Crippen LogP contribution in [0, 0.1) is 0 Å². The molecule has 0 bridgehead atoms. The molecule has 1 saturated heterocycles. The van der Waals surface area contributed by atoms with Crippen molar-refractivity contribution in [1.82, 2.24) is 9.62 Å². The number of carbonyl (C=O) groups excluding carboxylic acids is 1. The highest BCUT2D eigenvalue weighted by molar-refractivity contribution is 7.89. The largest absolute Gasteiger partial charge is 0.497 e. The molecule has 0 radical (unpaired) electrons. The number of sulfonamides is 1. The van der Waals surface area contributed by atoms with Crippen molar-refractivity contribution in [2.75, 3.05) is 27.3 Å². The summed E-state index contributed by atoms with van der Waals surface area (Å²) in [5.74, 6) is 0.876. The van der Waals surface area contributed by atoms with Gasteiger partial charge in [0.05, 0.1) is 24.7 Å². The van der Waals surface area contributed by atoms with Crippen LogP contribution in [-0.2, 0) is 10.0 Å². The molecule has 0 aromatic heterocycles. The zero-order valence-electron chi connectivity index (χ0n) is 18.3. The lowest BCUT2D eigenvalue weighted by atomic mass is 10.1. The van der Waals surface area contributed by atoms with Gasteiger partial charge in [0.2, 0.25) is 10.0 Å². The maximum atomic E-state index is 13.1. The molecular formula is C23H30N2O5S. The Labute approximate surface area is 184 Å². The monoisotopic (exact) mass is 446 g/mol. The van der Waals surface area contributed by atoms with Gasteiger partial charge in [0.15, 0.2) is 0 Å². The van der Waals surface area contributed by atoms with Gasteiger partial charge in [-0.1, -0.05) is 25.0 Å². The summed E-state index contributed by atoms with van der Waals surface area (Å²) in [7, 11) is -0.792. The molecule has 3 rings (SSSR count). The molecule has 2 aromatic rings. The van der Waals surface area contributed by atoms with Crippen LogP contribution in [0.4, 0.5) is 0 Å². The van der Waals surface area contributed by atoms with Crippen LogP contribution in [0.3, 0.4) is 0 Å². The number of likely N-dealkylation sites (tertiary alicyclic amines) is 1. The van der Waals surface area contributed by atoms with Gasteiger partial charge in [0.25, 0.3) is 5.91 Å². The lowest BCUT2D eigenvalue weighted by molar-refractivity contribution is 0.0758. The third-order valence-corrected chi connectivity index (χ3v) is 7.09. The van der Waals surface area contributed by atoms with Crippen molar-refractivity contribution in [2.24, 2.45) is 0 Å². The fourth-order valence-electron chi connectivity index (χ4n) is 3.73. The Balaban J connectivity index is 1.85. The van der Waals surface area contributed by atoms with Gasteiger partial charge in [0, 0.05) is 19.1 Å². The molecule has 1 heterocycles. The summed E-state index contributed by atoms with van der Waals surface area (Å²) in [4.78, 5) is 15.0. The average molecular weight is 447 g/mol. The number of nitrogens with zero attached hydrogens (tertiary/aromatic N) is 1.